The van der Waals surface area contributed by atoms with Crippen LogP contribution in [0.3, 0.4) is 0 Å². The zero-order valence-electron chi connectivity index (χ0n) is 16.4. The maximum Gasteiger partial charge on any atom is 0.255 e. The highest BCUT2D eigenvalue weighted by molar-refractivity contribution is 6.02. The Bertz CT molecular complexity index is 787. The van der Waals surface area contributed by atoms with E-state index in [4.69, 9.17) is 4.74 Å². The Balaban J connectivity index is 2.15. The van der Waals surface area contributed by atoms with Gasteiger partial charge in [-0.2, -0.15) is 0 Å². The second-order valence-corrected chi connectivity index (χ2v) is 6.67. The lowest BCUT2D eigenvalue weighted by Crippen LogP contribution is -2.47. The van der Waals surface area contributed by atoms with Gasteiger partial charge >= 0.3 is 0 Å². The molecule has 144 valence electrons. The van der Waals surface area contributed by atoms with Gasteiger partial charge in [-0.15, -0.1) is 0 Å². The summed E-state index contributed by atoms with van der Waals surface area (Å²) < 4.78 is 5.52. The minimum Gasteiger partial charge on any atom is -0.493 e. The lowest BCUT2D eigenvalue weighted by atomic mass is 10.0. The van der Waals surface area contributed by atoms with Crippen molar-refractivity contribution in [1.29, 1.82) is 0 Å². The summed E-state index contributed by atoms with van der Waals surface area (Å²) >= 11 is 0. The molecule has 5 heteroatoms. The second-order valence-electron chi connectivity index (χ2n) is 6.67. The van der Waals surface area contributed by atoms with Crippen LogP contribution in [0.1, 0.15) is 43.6 Å². The molecule has 0 aliphatic heterocycles. The molecule has 0 saturated heterocycles. The molecular weight excluding hydrogens is 340 g/mol. The fraction of sp³-hybridized carbons (Fsp3) is 0.364. The molecule has 2 aromatic carbocycles. The third-order valence-electron chi connectivity index (χ3n) is 4.27. The van der Waals surface area contributed by atoms with E-state index in [-0.39, 0.29) is 17.7 Å². The van der Waals surface area contributed by atoms with Gasteiger partial charge in [0, 0.05) is 5.69 Å². The van der Waals surface area contributed by atoms with Gasteiger partial charge in [0.05, 0.1) is 12.2 Å². The maximum absolute atomic E-state index is 12.8. The van der Waals surface area contributed by atoms with Crippen molar-refractivity contribution in [3.05, 3.63) is 59.7 Å². The molecule has 27 heavy (non-hydrogen) atoms. The molecular formula is C22H28N2O3. The summed E-state index contributed by atoms with van der Waals surface area (Å²) in [6, 6.07) is 14.1. The zero-order valence-corrected chi connectivity index (χ0v) is 16.4. The molecule has 0 unspecified atom stereocenters. The van der Waals surface area contributed by atoms with Gasteiger partial charge in [-0.25, -0.2) is 0 Å². The Labute approximate surface area is 161 Å². The van der Waals surface area contributed by atoms with Crippen LogP contribution in [0.4, 0.5) is 5.69 Å². The molecule has 5 nitrogen and oxygen atoms in total. The summed E-state index contributed by atoms with van der Waals surface area (Å²) in [6.45, 7) is 8.20. The van der Waals surface area contributed by atoms with Crippen LogP contribution in [-0.4, -0.2) is 24.5 Å². The predicted molar refractivity (Wildman–Crippen MR) is 108 cm³/mol. The number of nitrogens with one attached hydrogen (secondary N) is 2. The van der Waals surface area contributed by atoms with Crippen LogP contribution in [0.25, 0.3) is 0 Å². The third-order valence-corrected chi connectivity index (χ3v) is 4.27. The molecule has 0 spiro atoms. The molecule has 0 saturated carbocycles. The predicted octanol–water partition coefficient (Wildman–Crippen LogP) is 4.04. The molecule has 1 atom stereocenters. The van der Waals surface area contributed by atoms with Crippen molar-refractivity contribution in [2.75, 3.05) is 11.9 Å². The SMILES string of the molecule is CCOc1ccccc1C(=O)N[C@H](C(=O)Nc1cccc(CC)c1)C(C)C. The highest BCUT2D eigenvalue weighted by Gasteiger charge is 2.26. The highest BCUT2D eigenvalue weighted by Crippen LogP contribution is 2.19. The average molecular weight is 368 g/mol. The van der Waals surface area contributed by atoms with Gasteiger partial charge < -0.3 is 15.4 Å². The number of ether oxygens (including phenoxy) is 1. The quantitative estimate of drug-likeness (QED) is 0.739. The molecule has 0 heterocycles. The summed E-state index contributed by atoms with van der Waals surface area (Å²) in [4.78, 5) is 25.5. The highest BCUT2D eigenvalue weighted by atomic mass is 16.5. The first-order chi connectivity index (χ1) is 13.0. The van der Waals surface area contributed by atoms with Gasteiger partial charge in [0.2, 0.25) is 5.91 Å². The number of aryl methyl sites for hydroxylation is 1. The molecule has 0 radical (unpaired) electrons. The first kappa shape index (κ1) is 20.5. The molecule has 0 aliphatic carbocycles. The molecule has 0 bridgehead atoms. The van der Waals surface area contributed by atoms with Crippen LogP contribution in [0, 0.1) is 5.92 Å². The van der Waals surface area contributed by atoms with Gasteiger partial charge in [-0.3, -0.25) is 9.59 Å². The standard InChI is InChI=1S/C22H28N2O3/c1-5-16-10-9-11-17(14-16)23-22(26)20(15(3)4)24-21(25)18-12-7-8-13-19(18)27-6-2/h7-15,20H,5-6H2,1-4H3,(H,23,26)(H,24,25)/t20-/m0/s1. The monoisotopic (exact) mass is 368 g/mol. The van der Waals surface area contributed by atoms with Crippen LogP contribution >= 0.6 is 0 Å². The largest absolute Gasteiger partial charge is 0.493 e. The molecule has 2 aromatic rings. The van der Waals surface area contributed by atoms with Crippen molar-refractivity contribution in [3.63, 3.8) is 0 Å². The minimum atomic E-state index is -0.655. The third kappa shape index (κ3) is 5.58. The van der Waals surface area contributed by atoms with Crippen LogP contribution in [0.15, 0.2) is 48.5 Å². The number of amides is 2. The Morgan fingerprint density at radius 2 is 1.78 bits per heavy atom. The van der Waals surface area contributed by atoms with E-state index in [1.54, 1.807) is 18.2 Å². The topological polar surface area (TPSA) is 67.4 Å². The molecule has 2 rings (SSSR count). The summed E-state index contributed by atoms with van der Waals surface area (Å²) in [7, 11) is 0. The van der Waals surface area contributed by atoms with Gasteiger partial charge in [-0.05, 0) is 49.1 Å². The fourth-order valence-electron chi connectivity index (χ4n) is 2.78. The van der Waals surface area contributed by atoms with Gasteiger partial charge in [0.1, 0.15) is 11.8 Å². The van der Waals surface area contributed by atoms with E-state index in [9.17, 15) is 9.59 Å². The normalized spacial score (nSPS) is 11.7. The van der Waals surface area contributed by atoms with Crippen LogP contribution in [0.5, 0.6) is 5.75 Å². The summed E-state index contributed by atoms with van der Waals surface area (Å²) in [5.74, 6) is -0.116. The van der Waals surface area contributed by atoms with Crippen LogP contribution in [0.2, 0.25) is 0 Å². The number of hydrogen-bond acceptors (Lipinski definition) is 3. The summed E-state index contributed by atoms with van der Waals surface area (Å²) in [6.07, 6.45) is 0.891. The lowest BCUT2D eigenvalue weighted by molar-refractivity contribution is -0.118. The Hall–Kier alpha value is -2.82. The molecule has 0 fully saturated rings. The van der Waals surface area contributed by atoms with E-state index in [1.165, 1.54) is 0 Å². The number of para-hydroxylation sites is 1. The van der Waals surface area contributed by atoms with Crippen molar-refractivity contribution >= 4 is 17.5 Å². The maximum atomic E-state index is 12.8. The number of carbonyl (C=O) groups excluding carboxylic acids is 2. The van der Waals surface area contributed by atoms with Crippen molar-refractivity contribution in [3.8, 4) is 5.75 Å². The number of benzene rings is 2. The molecule has 0 aromatic heterocycles. The van der Waals surface area contributed by atoms with E-state index >= 15 is 0 Å². The Kier molecular flexibility index (Phi) is 7.41. The van der Waals surface area contributed by atoms with Gasteiger partial charge in [0.25, 0.3) is 5.91 Å². The van der Waals surface area contributed by atoms with Crippen LogP contribution in [-0.2, 0) is 11.2 Å². The Morgan fingerprint density at radius 3 is 2.44 bits per heavy atom. The minimum absolute atomic E-state index is 0.0671. The zero-order chi connectivity index (χ0) is 19.8. The van der Waals surface area contributed by atoms with E-state index in [2.05, 4.69) is 17.6 Å². The van der Waals surface area contributed by atoms with E-state index in [0.29, 0.717) is 17.9 Å². The van der Waals surface area contributed by atoms with Crippen LogP contribution < -0.4 is 15.4 Å². The van der Waals surface area contributed by atoms with E-state index in [1.807, 2.05) is 51.1 Å². The molecule has 2 N–H and O–H groups in total. The average Bonchev–Trinajstić information content (AvgIpc) is 2.66. The number of carbonyl (C=O) groups is 2. The smallest absolute Gasteiger partial charge is 0.255 e. The van der Waals surface area contributed by atoms with E-state index in [0.717, 1.165) is 17.7 Å². The number of hydrogen-bond donors (Lipinski definition) is 2. The first-order valence-corrected chi connectivity index (χ1v) is 9.38. The van der Waals surface area contributed by atoms with Crippen molar-refractivity contribution < 1.29 is 14.3 Å². The number of rotatable bonds is 8. The van der Waals surface area contributed by atoms with Crippen molar-refractivity contribution in [2.24, 2.45) is 5.92 Å². The lowest BCUT2D eigenvalue weighted by Gasteiger charge is -2.22. The molecule has 2 amide bonds. The second kappa shape index (κ2) is 9.76. The van der Waals surface area contributed by atoms with Gasteiger partial charge in [0.15, 0.2) is 0 Å². The van der Waals surface area contributed by atoms with E-state index < -0.39 is 6.04 Å². The van der Waals surface area contributed by atoms with Crippen molar-refractivity contribution in [1.82, 2.24) is 5.32 Å². The summed E-state index contributed by atoms with van der Waals surface area (Å²) in [5.41, 5.74) is 2.29. The molecule has 0 aliphatic rings. The van der Waals surface area contributed by atoms with Gasteiger partial charge in [-0.1, -0.05) is 45.0 Å². The first-order valence-electron chi connectivity index (χ1n) is 9.38. The van der Waals surface area contributed by atoms with Crippen molar-refractivity contribution in [2.45, 2.75) is 40.2 Å². The summed E-state index contributed by atoms with van der Waals surface area (Å²) in [5, 5.41) is 5.76. The fourth-order valence-corrected chi connectivity index (χ4v) is 2.78. The number of anilines is 1. The Morgan fingerprint density at radius 1 is 1.04 bits per heavy atom.